The molecule has 0 amide bonds. The Morgan fingerprint density at radius 3 is 0.538 bits per heavy atom. The molecule has 0 fully saturated rings. The molecule has 0 aliphatic rings. The Balaban J connectivity index is 0.000000267. The SMILES string of the molecule is Cc1cc(C)[c]([Ge][c]2c(C)cc(C)cc2C)c(C)c1.Cc1cc(C)[c]([Ge][c]2c(C)cc(C)cc2C)c(C)c1.O. The fraction of sp³-hybridized carbons (Fsp3) is 0.333. The minimum Gasteiger partial charge on any atom is -0.412 e. The van der Waals surface area contributed by atoms with Crippen molar-refractivity contribution in [2.24, 2.45) is 0 Å². The number of aryl methyl sites for hydroxylation is 12. The van der Waals surface area contributed by atoms with Crippen LogP contribution in [0.3, 0.4) is 0 Å². The third-order valence-electron chi connectivity index (χ3n) is 7.21. The number of benzene rings is 4. The van der Waals surface area contributed by atoms with Crippen LogP contribution in [0.1, 0.15) is 66.8 Å². The van der Waals surface area contributed by atoms with Gasteiger partial charge in [-0.25, -0.2) is 0 Å². The molecule has 0 aromatic heterocycles. The second-order valence-electron chi connectivity index (χ2n) is 11.3. The Morgan fingerprint density at radius 1 is 0.282 bits per heavy atom. The molecule has 2 N–H and O–H groups in total. The second kappa shape index (κ2) is 14.0. The van der Waals surface area contributed by atoms with Crippen molar-refractivity contribution in [3.63, 3.8) is 0 Å². The largest absolute Gasteiger partial charge is 0.412 e. The van der Waals surface area contributed by atoms with E-state index in [2.05, 4.69) is 132 Å². The quantitative estimate of drug-likeness (QED) is 0.262. The molecular formula is C36H46Ge2O. The van der Waals surface area contributed by atoms with Crippen molar-refractivity contribution >= 4 is 48.4 Å². The van der Waals surface area contributed by atoms with E-state index in [-0.39, 0.29) is 36.3 Å². The Morgan fingerprint density at radius 2 is 0.410 bits per heavy atom. The molecule has 0 unspecified atom stereocenters. The van der Waals surface area contributed by atoms with E-state index in [1.165, 1.54) is 66.8 Å². The number of hydrogen-bond donors (Lipinski definition) is 0. The molecule has 0 saturated heterocycles. The summed E-state index contributed by atoms with van der Waals surface area (Å²) in [5.74, 6) is 0. The summed E-state index contributed by atoms with van der Waals surface area (Å²) < 4.78 is 6.45. The number of hydrogen-bond acceptors (Lipinski definition) is 0. The van der Waals surface area contributed by atoms with Crippen LogP contribution in [0.4, 0.5) is 0 Å². The van der Waals surface area contributed by atoms with Crippen molar-refractivity contribution in [1.29, 1.82) is 0 Å². The van der Waals surface area contributed by atoms with E-state index in [4.69, 9.17) is 0 Å². The van der Waals surface area contributed by atoms with Gasteiger partial charge in [-0.1, -0.05) is 0 Å². The molecule has 4 aromatic carbocycles. The molecule has 4 radical (unpaired) electrons. The predicted octanol–water partition coefficient (Wildman–Crippen LogP) is 5.56. The third kappa shape index (κ3) is 8.46. The van der Waals surface area contributed by atoms with Crippen molar-refractivity contribution in [3.8, 4) is 0 Å². The molecule has 204 valence electrons. The second-order valence-corrected chi connectivity index (χ2v) is 16.6. The van der Waals surface area contributed by atoms with E-state index in [0.29, 0.717) is 0 Å². The monoisotopic (exact) mass is 642 g/mol. The Hall–Kier alpha value is -2.07. The molecule has 3 heteroatoms. The first kappa shape index (κ1) is 33.1. The Kier molecular flexibility index (Phi) is 11.9. The van der Waals surface area contributed by atoms with Gasteiger partial charge < -0.3 is 5.48 Å². The van der Waals surface area contributed by atoms with Crippen LogP contribution in [0.25, 0.3) is 0 Å². The van der Waals surface area contributed by atoms with Crippen LogP contribution in [0.5, 0.6) is 0 Å². The first-order valence-electron chi connectivity index (χ1n) is 13.6. The number of rotatable bonds is 4. The summed E-state index contributed by atoms with van der Waals surface area (Å²) in [4.78, 5) is 0. The van der Waals surface area contributed by atoms with Gasteiger partial charge in [0.05, 0.1) is 0 Å². The molecule has 0 aliphatic heterocycles. The molecule has 0 aliphatic carbocycles. The zero-order valence-corrected chi connectivity index (χ0v) is 30.3. The van der Waals surface area contributed by atoms with Crippen molar-refractivity contribution in [1.82, 2.24) is 0 Å². The Bertz CT molecular complexity index is 1160. The van der Waals surface area contributed by atoms with Crippen molar-refractivity contribution in [2.75, 3.05) is 0 Å². The predicted molar refractivity (Wildman–Crippen MR) is 176 cm³/mol. The molecule has 0 bridgehead atoms. The maximum absolute atomic E-state index is 2.32. The van der Waals surface area contributed by atoms with E-state index < -0.39 is 0 Å². The van der Waals surface area contributed by atoms with E-state index >= 15 is 0 Å². The Labute approximate surface area is 251 Å². The van der Waals surface area contributed by atoms with Crippen molar-refractivity contribution in [3.05, 3.63) is 115 Å². The summed E-state index contributed by atoms with van der Waals surface area (Å²) in [7, 11) is 0. The molecule has 1 nitrogen and oxygen atoms in total. The van der Waals surface area contributed by atoms with E-state index in [0.717, 1.165) is 0 Å². The van der Waals surface area contributed by atoms with Gasteiger partial charge in [-0.2, -0.15) is 0 Å². The molecule has 0 saturated carbocycles. The van der Waals surface area contributed by atoms with Crippen LogP contribution in [0.2, 0.25) is 0 Å². The topological polar surface area (TPSA) is 31.5 Å². The summed E-state index contributed by atoms with van der Waals surface area (Å²) in [6.45, 7) is 26.8. The van der Waals surface area contributed by atoms with Crippen LogP contribution < -0.4 is 17.6 Å². The van der Waals surface area contributed by atoms with Gasteiger partial charge in [0.1, 0.15) is 0 Å². The zero-order valence-electron chi connectivity index (χ0n) is 26.1. The zero-order chi connectivity index (χ0) is 28.3. The maximum Gasteiger partial charge on any atom is -0.412 e. The van der Waals surface area contributed by atoms with Gasteiger partial charge in [-0.15, -0.1) is 0 Å². The van der Waals surface area contributed by atoms with Gasteiger partial charge in [0.2, 0.25) is 0 Å². The summed E-state index contributed by atoms with van der Waals surface area (Å²) in [6.07, 6.45) is 0. The fourth-order valence-electron chi connectivity index (χ4n) is 5.76. The molecule has 0 spiro atoms. The van der Waals surface area contributed by atoms with E-state index in [9.17, 15) is 0 Å². The van der Waals surface area contributed by atoms with Gasteiger partial charge in [-0.3, -0.25) is 0 Å². The van der Waals surface area contributed by atoms with Crippen LogP contribution in [-0.4, -0.2) is 36.3 Å². The van der Waals surface area contributed by atoms with Crippen molar-refractivity contribution < 1.29 is 5.48 Å². The fourth-order valence-corrected chi connectivity index (χ4v) is 11.3. The van der Waals surface area contributed by atoms with Gasteiger partial charge in [0.15, 0.2) is 0 Å². The molecule has 4 rings (SSSR count). The first-order chi connectivity index (χ1) is 17.8. The van der Waals surface area contributed by atoms with Gasteiger partial charge in [-0.05, 0) is 0 Å². The molecule has 0 atom stereocenters. The van der Waals surface area contributed by atoms with Crippen LogP contribution in [0, 0.1) is 83.1 Å². The van der Waals surface area contributed by atoms with Gasteiger partial charge >= 0.3 is 247 Å². The normalized spacial score (nSPS) is 10.6. The summed E-state index contributed by atoms with van der Waals surface area (Å²) >= 11 is -0.477. The maximum atomic E-state index is 2.32. The third-order valence-corrected chi connectivity index (χ3v) is 15.9. The standard InChI is InChI=1S/2C18H22Ge.H2O/c2*1-11-7-13(3)17(14(4)8-11)19-18-15(5)9-12(2)10-16(18)6;/h2*7-10H,1-6H3;1H2. The summed E-state index contributed by atoms with van der Waals surface area (Å²) in [6, 6.07) is 18.6. The average molecular weight is 640 g/mol. The van der Waals surface area contributed by atoms with E-state index in [1.807, 2.05) is 0 Å². The summed E-state index contributed by atoms with van der Waals surface area (Å²) in [5.41, 5.74) is 17.3. The smallest absolute Gasteiger partial charge is 0.412 e. The minimum absolute atomic E-state index is 0. The average Bonchev–Trinajstić information content (AvgIpc) is 2.76. The molecular weight excluding hydrogens is 594 g/mol. The minimum atomic E-state index is -0.239. The molecule has 4 aromatic rings. The van der Waals surface area contributed by atoms with Gasteiger partial charge in [0, 0.05) is 0 Å². The van der Waals surface area contributed by atoms with Crippen LogP contribution in [-0.2, 0) is 0 Å². The first-order valence-corrected chi connectivity index (χ1v) is 17.8. The van der Waals surface area contributed by atoms with Crippen LogP contribution >= 0.6 is 0 Å². The molecule has 0 heterocycles. The van der Waals surface area contributed by atoms with Crippen LogP contribution in [0.15, 0.2) is 48.5 Å². The molecule has 39 heavy (non-hydrogen) atoms. The van der Waals surface area contributed by atoms with Gasteiger partial charge in [0.25, 0.3) is 0 Å². The van der Waals surface area contributed by atoms with E-state index in [1.54, 1.807) is 17.6 Å². The van der Waals surface area contributed by atoms with Crippen molar-refractivity contribution in [2.45, 2.75) is 83.1 Å². The summed E-state index contributed by atoms with van der Waals surface area (Å²) in [5, 5.41) is 0.